The van der Waals surface area contributed by atoms with Crippen molar-refractivity contribution in [2.24, 2.45) is 0 Å². The van der Waals surface area contributed by atoms with Crippen molar-refractivity contribution in [2.45, 2.75) is 63.4 Å². The lowest BCUT2D eigenvalue weighted by Crippen LogP contribution is -2.62. The number of rotatable bonds is 8. The molecular formula is C29H33F2N5O5. The second kappa shape index (κ2) is 10.7. The highest BCUT2D eigenvalue weighted by Crippen LogP contribution is 2.51. The van der Waals surface area contributed by atoms with Gasteiger partial charge in [-0.25, -0.2) is 13.6 Å². The first-order valence-corrected chi connectivity index (χ1v) is 13.3. The predicted octanol–water partition coefficient (Wildman–Crippen LogP) is 4.91. The van der Waals surface area contributed by atoms with Crippen LogP contribution in [-0.2, 0) is 11.5 Å². The van der Waals surface area contributed by atoms with E-state index in [0.29, 0.717) is 29.9 Å². The molecule has 3 atom stereocenters. The Bertz CT molecular complexity index is 1500. The fourth-order valence-electron chi connectivity index (χ4n) is 6.46. The number of nitrogens with zero attached hydrogens (tertiary/aromatic N) is 5. The maximum atomic E-state index is 15.4. The Morgan fingerprint density at radius 2 is 1.83 bits per heavy atom. The molecule has 218 valence electrons. The third kappa shape index (κ3) is 5.12. The highest BCUT2D eigenvalue weighted by molar-refractivity contribution is 5.75. The van der Waals surface area contributed by atoms with Crippen molar-refractivity contribution >= 4 is 11.9 Å². The van der Waals surface area contributed by atoms with Crippen LogP contribution in [0.1, 0.15) is 39.5 Å². The number of pyridine rings is 1. The van der Waals surface area contributed by atoms with Crippen LogP contribution in [0.25, 0.3) is 22.4 Å². The number of methoxy groups -OCH3 is 1. The first-order valence-electron chi connectivity index (χ1n) is 13.3. The van der Waals surface area contributed by atoms with Crippen molar-refractivity contribution in [3.8, 4) is 28.1 Å². The molecule has 0 aliphatic carbocycles. The van der Waals surface area contributed by atoms with E-state index in [1.807, 2.05) is 25.8 Å². The molecule has 3 aromatic rings. The SMILES string of the molecule is COCOc1cc(-c2ccn(CF)c(=O)c2)c(F)cc1-c1ccc(N(C)[C@@H]2C[C@]3(C)CC[C@](C)(C2)N3C(=O)O)nn1. The summed E-state index contributed by atoms with van der Waals surface area (Å²) in [6.07, 6.45) is 3.35. The molecule has 0 saturated carbocycles. The topological polar surface area (TPSA) is 110 Å². The third-order valence-corrected chi connectivity index (χ3v) is 8.50. The van der Waals surface area contributed by atoms with E-state index in [4.69, 9.17) is 9.47 Å². The zero-order chi connectivity index (χ0) is 29.5. The lowest BCUT2D eigenvalue weighted by Gasteiger charge is -2.51. The second-order valence-corrected chi connectivity index (χ2v) is 11.3. The van der Waals surface area contributed by atoms with E-state index in [0.717, 1.165) is 23.5 Å². The molecule has 2 fully saturated rings. The molecule has 2 aromatic heterocycles. The number of benzene rings is 1. The van der Waals surface area contributed by atoms with Crippen molar-refractivity contribution in [3.05, 3.63) is 58.8 Å². The Morgan fingerprint density at radius 1 is 1.12 bits per heavy atom. The fraction of sp³-hybridized carbons (Fsp3) is 0.448. The van der Waals surface area contributed by atoms with Gasteiger partial charge in [-0.2, -0.15) is 0 Å². The van der Waals surface area contributed by atoms with E-state index in [-0.39, 0.29) is 29.7 Å². The fourth-order valence-corrected chi connectivity index (χ4v) is 6.46. The number of hydrogen-bond donors (Lipinski definition) is 1. The monoisotopic (exact) mass is 569 g/mol. The first-order chi connectivity index (χ1) is 19.5. The van der Waals surface area contributed by atoms with E-state index in [1.165, 1.54) is 31.5 Å². The van der Waals surface area contributed by atoms with Crippen LogP contribution in [0.5, 0.6) is 5.75 Å². The number of carboxylic acid groups (broad SMARTS) is 1. The molecule has 41 heavy (non-hydrogen) atoms. The lowest BCUT2D eigenvalue weighted by atomic mass is 9.82. The van der Waals surface area contributed by atoms with Crippen LogP contribution in [0.15, 0.2) is 47.4 Å². The van der Waals surface area contributed by atoms with Crippen molar-refractivity contribution in [2.75, 3.05) is 25.9 Å². The van der Waals surface area contributed by atoms with E-state index in [1.54, 1.807) is 17.0 Å². The van der Waals surface area contributed by atoms with Gasteiger partial charge >= 0.3 is 6.09 Å². The summed E-state index contributed by atoms with van der Waals surface area (Å²) in [5, 5.41) is 18.6. The summed E-state index contributed by atoms with van der Waals surface area (Å²) >= 11 is 0. The number of anilines is 1. The molecule has 2 saturated heterocycles. The van der Waals surface area contributed by atoms with Gasteiger partial charge in [-0.3, -0.25) is 14.3 Å². The molecule has 1 N–H and O–H groups in total. The van der Waals surface area contributed by atoms with Gasteiger partial charge in [0.25, 0.3) is 5.56 Å². The van der Waals surface area contributed by atoms with Crippen molar-refractivity contribution < 1.29 is 28.2 Å². The van der Waals surface area contributed by atoms with Crippen LogP contribution in [0, 0.1) is 5.82 Å². The highest BCUT2D eigenvalue weighted by Gasteiger charge is 2.58. The molecule has 2 aliphatic rings. The Morgan fingerprint density at radius 3 is 2.39 bits per heavy atom. The smallest absolute Gasteiger partial charge is 0.408 e. The average Bonchev–Trinajstić information content (AvgIpc) is 3.12. The number of alkyl halides is 1. The van der Waals surface area contributed by atoms with Crippen LogP contribution < -0.4 is 15.2 Å². The summed E-state index contributed by atoms with van der Waals surface area (Å²) in [6.45, 7) is 2.93. The minimum absolute atomic E-state index is 0.0634. The van der Waals surface area contributed by atoms with Crippen molar-refractivity contribution in [1.82, 2.24) is 19.7 Å². The Labute approximate surface area is 236 Å². The van der Waals surface area contributed by atoms with Gasteiger partial charge in [0.2, 0.25) is 0 Å². The van der Waals surface area contributed by atoms with E-state index < -0.39 is 35.3 Å². The zero-order valence-corrected chi connectivity index (χ0v) is 23.4. The Balaban J connectivity index is 1.43. The summed E-state index contributed by atoms with van der Waals surface area (Å²) in [5.41, 5.74) is -0.397. The number of halogens is 2. The molecule has 12 heteroatoms. The molecule has 1 aromatic carbocycles. The molecular weight excluding hydrogens is 536 g/mol. The van der Waals surface area contributed by atoms with Gasteiger partial charge in [0.05, 0.1) is 5.69 Å². The van der Waals surface area contributed by atoms with Gasteiger partial charge in [-0.1, -0.05) is 0 Å². The normalized spacial score (nSPS) is 23.5. The molecule has 2 aliphatic heterocycles. The number of hydrogen-bond acceptors (Lipinski definition) is 7. The number of carbonyl (C=O) groups is 1. The van der Waals surface area contributed by atoms with Gasteiger partial charge in [0.15, 0.2) is 19.4 Å². The largest absolute Gasteiger partial charge is 0.467 e. The average molecular weight is 570 g/mol. The Kier molecular flexibility index (Phi) is 7.45. The summed E-state index contributed by atoms with van der Waals surface area (Å²) in [7, 11) is 3.38. The van der Waals surface area contributed by atoms with Crippen LogP contribution in [-0.4, -0.2) is 68.9 Å². The van der Waals surface area contributed by atoms with Crippen molar-refractivity contribution in [3.63, 3.8) is 0 Å². The predicted molar refractivity (Wildman–Crippen MR) is 148 cm³/mol. The number of amides is 1. The van der Waals surface area contributed by atoms with Crippen LogP contribution in [0.4, 0.5) is 19.4 Å². The number of aromatic nitrogens is 3. The minimum atomic E-state index is -0.979. The minimum Gasteiger partial charge on any atom is -0.467 e. The van der Waals surface area contributed by atoms with Gasteiger partial charge in [-0.05, 0) is 75.4 Å². The number of ether oxygens (including phenoxy) is 2. The van der Waals surface area contributed by atoms with E-state index >= 15 is 4.39 Å². The van der Waals surface area contributed by atoms with Gasteiger partial charge in [-0.15, -0.1) is 10.2 Å². The summed E-state index contributed by atoms with van der Waals surface area (Å²) in [4.78, 5) is 27.8. The number of piperidine rings is 1. The van der Waals surface area contributed by atoms with E-state index in [9.17, 15) is 19.1 Å². The highest BCUT2D eigenvalue weighted by atomic mass is 19.1. The molecule has 0 unspecified atom stereocenters. The molecule has 10 nitrogen and oxygen atoms in total. The zero-order valence-electron chi connectivity index (χ0n) is 23.4. The van der Waals surface area contributed by atoms with Gasteiger partial charge < -0.3 is 19.5 Å². The standard InChI is InChI=1S/C29H33F2N5O5/c1-28-8-9-29(2,36(28)27(38)39)15-19(14-28)34(3)25-6-5-23(32-33-25)21-12-22(31)20(13-24(21)41-17-40-4)18-7-10-35(16-30)26(37)11-18/h5-7,10-13,19H,8-9,14-17H2,1-4H3,(H,38,39)/t19-,28+,29-. The second-order valence-electron chi connectivity index (χ2n) is 11.3. The molecule has 5 rings (SSSR count). The molecule has 0 spiro atoms. The quantitative estimate of drug-likeness (QED) is 0.381. The summed E-state index contributed by atoms with van der Waals surface area (Å²) < 4.78 is 40.0. The molecule has 4 heterocycles. The molecule has 2 bridgehead atoms. The number of fused-ring (bicyclic) bond motifs is 2. The maximum Gasteiger partial charge on any atom is 0.408 e. The van der Waals surface area contributed by atoms with Gasteiger partial charge in [0, 0.05) is 54.7 Å². The maximum absolute atomic E-state index is 15.4. The summed E-state index contributed by atoms with van der Waals surface area (Å²) in [5.74, 6) is 0.262. The van der Waals surface area contributed by atoms with E-state index in [2.05, 4.69) is 10.2 Å². The van der Waals surface area contributed by atoms with Crippen LogP contribution >= 0.6 is 0 Å². The van der Waals surface area contributed by atoms with Crippen LogP contribution in [0.3, 0.4) is 0 Å². The van der Waals surface area contributed by atoms with Crippen molar-refractivity contribution in [1.29, 1.82) is 0 Å². The summed E-state index contributed by atoms with van der Waals surface area (Å²) in [6, 6.07) is 8.91. The third-order valence-electron chi connectivity index (χ3n) is 8.50. The first kappa shape index (κ1) is 28.5. The Hall–Kier alpha value is -4.06. The lowest BCUT2D eigenvalue weighted by molar-refractivity contribution is 0.0131. The van der Waals surface area contributed by atoms with Crippen LogP contribution in [0.2, 0.25) is 0 Å². The molecule has 0 radical (unpaired) electrons. The van der Waals surface area contributed by atoms with Gasteiger partial charge in [0.1, 0.15) is 11.6 Å². The molecule has 1 amide bonds.